The maximum absolute atomic E-state index is 12.8. The quantitative estimate of drug-likeness (QED) is 0.832. The van der Waals surface area contributed by atoms with Crippen molar-refractivity contribution in [1.82, 2.24) is 9.88 Å². The van der Waals surface area contributed by atoms with Crippen molar-refractivity contribution in [3.8, 4) is 0 Å². The summed E-state index contributed by atoms with van der Waals surface area (Å²) in [5, 5.41) is 0. The van der Waals surface area contributed by atoms with Gasteiger partial charge in [0.1, 0.15) is 5.82 Å². The molecular weight excluding hydrogens is 342 g/mol. The van der Waals surface area contributed by atoms with Crippen LogP contribution in [0.5, 0.6) is 0 Å². The predicted molar refractivity (Wildman–Crippen MR) is 103 cm³/mol. The second-order valence-corrected chi connectivity index (χ2v) is 7.15. The molecule has 27 heavy (non-hydrogen) atoms. The van der Waals surface area contributed by atoms with Gasteiger partial charge in [-0.25, -0.2) is 4.98 Å². The molecule has 1 aromatic carbocycles. The van der Waals surface area contributed by atoms with E-state index in [-0.39, 0.29) is 5.91 Å². The van der Waals surface area contributed by atoms with E-state index in [1.54, 1.807) is 6.20 Å². The molecule has 2 aliphatic heterocycles. The van der Waals surface area contributed by atoms with Gasteiger partial charge in [0.25, 0.3) is 5.91 Å². The van der Waals surface area contributed by atoms with Crippen LogP contribution in [0.25, 0.3) is 0 Å². The van der Waals surface area contributed by atoms with E-state index in [1.807, 2.05) is 42.3 Å². The zero-order chi connectivity index (χ0) is 18.7. The maximum atomic E-state index is 12.8. The highest BCUT2D eigenvalue weighted by molar-refractivity contribution is 5.94. The molecule has 3 heterocycles. The fourth-order valence-corrected chi connectivity index (χ4v) is 3.70. The number of likely N-dealkylation sites (tertiary alicyclic amines) is 1. The van der Waals surface area contributed by atoms with Crippen molar-refractivity contribution in [3.63, 3.8) is 0 Å². The highest BCUT2D eigenvalue weighted by Gasteiger charge is 2.40. The Morgan fingerprint density at radius 2 is 1.81 bits per heavy atom. The lowest BCUT2D eigenvalue weighted by Gasteiger charge is -2.37. The number of hydrogen-bond acceptors (Lipinski definition) is 5. The Balaban J connectivity index is 1.36. The first-order valence-electron chi connectivity index (χ1n) is 9.44. The van der Waals surface area contributed by atoms with E-state index in [0.717, 1.165) is 25.2 Å². The van der Waals surface area contributed by atoms with E-state index in [2.05, 4.69) is 22.0 Å². The molecule has 1 spiro atoms. The molecule has 0 atom stereocenters. The van der Waals surface area contributed by atoms with Gasteiger partial charge < -0.3 is 19.3 Å². The van der Waals surface area contributed by atoms with Crippen LogP contribution in [0.2, 0.25) is 0 Å². The third-order valence-corrected chi connectivity index (χ3v) is 5.27. The van der Waals surface area contributed by atoms with E-state index in [1.165, 1.54) is 5.56 Å². The molecule has 2 saturated heterocycles. The fourth-order valence-electron chi connectivity index (χ4n) is 3.70. The number of hydrogen-bond donors (Lipinski definition) is 0. The molecule has 1 amide bonds. The summed E-state index contributed by atoms with van der Waals surface area (Å²) < 4.78 is 11.5. The van der Waals surface area contributed by atoms with Crippen molar-refractivity contribution in [2.75, 3.05) is 38.3 Å². The number of piperidine rings is 1. The Hall–Kier alpha value is -2.44. The van der Waals surface area contributed by atoms with E-state index in [4.69, 9.17) is 9.47 Å². The van der Waals surface area contributed by atoms with Crippen LogP contribution in [0, 0.1) is 0 Å². The smallest absolute Gasteiger partial charge is 0.255 e. The summed E-state index contributed by atoms with van der Waals surface area (Å²) in [7, 11) is 2.00. The SMILES string of the molecule is CN(Cc1ccccc1)c1ccc(C(=O)N2CCC3(CC2)OCCO3)cn1. The van der Waals surface area contributed by atoms with Crippen molar-refractivity contribution in [2.24, 2.45) is 0 Å². The Bertz CT molecular complexity index is 763. The summed E-state index contributed by atoms with van der Waals surface area (Å²) in [6, 6.07) is 14.0. The normalized spacial score (nSPS) is 18.6. The molecule has 1 aromatic heterocycles. The van der Waals surface area contributed by atoms with Gasteiger partial charge in [0.2, 0.25) is 0 Å². The lowest BCUT2D eigenvalue weighted by molar-refractivity contribution is -0.181. The van der Waals surface area contributed by atoms with Gasteiger partial charge in [0, 0.05) is 45.7 Å². The first-order valence-corrected chi connectivity index (χ1v) is 9.44. The first-order chi connectivity index (χ1) is 13.2. The average molecular weight is 367 g/mol. The lowest BCUT2D eigenvalue weighted by atomic mass is 10.0. The molecule has 2 fully saturated rings. The van der Waals surface area contributed by atoms with Gasteiger partial charge >= 0.3 is 0 Å². The molecule has 0 aliphatic carbocycles. The van der Waals surface area contributed by atoms with Crippen LogP contribution in [-0.2, 0) is 16.0 Å². The average Bonchev–Trinajstić information content (AvgIpc) is 3.17. The van der Waals surface area contributed by atoms with Gasteiger partial charge in [-0.15, -0.1) is 0 Å². The predicted octanol–water partition coefficient (Wildman–Crippen LogP) is 2.70. The summed E-state index contributed by atoms with van der Waals surface area (Å²) in [5.41, 5.74) is 1.84. The van der Waals surface area contributed by atoms with Crippen molar-refractivity contribution in [1.29, 1.82) is 0 Å². The number of amides is 1. The molecule has 0 bridgehead atoms. The number of nitrogens with zero attached hydrogens (tertiary/aromatic N) is 3. The minimum atomic E-state index is -0.459. The number of aromatic nitrogens is 1. The van der Waals surface area contributed by atoms with E-state index < -0.39 is 5.79 Å². The molecule has 0 unspecified atom stereocenters. The standard InChI is InChI=1S/C21H25N3O3/c1-23(16-17-5-3-2-4-6-17)19-8-7-18(15-22-19)20(25)24-11-9-21(10-12-24)26-13-14-27-21/h2-8,15H,9-14,16H2,1H3. The fraction of sp³-hybridized carbons (Fsp3) is 0.429. The molecule has 0 radical (unpaired) electrons. The Morgan fingerprint density at radius 1 is 1.11 bits per heavy atom. The second-order valence-electron chi connectivity index (χ2n) is 7.15. The molecule has 4 rings (SSSR count). The van der Waals surface area contributed by atoms with Crippen LogP contribution in [0.15, 0.2) is 48.7 Å². The van der Waals surface area contributed by atoms with Gasteiger partial charge in [-0.05, 0) is 17.7 Å². The van der Waals surface area contributed by atoms with Crippen molar-refractivity contribution in [3.05, 3.63) is 59.8 Å². The number of benzene rings is 1. The summed E-state index contributed by atoms with van der Waals surface area (Å²) in [6.07, 6.45) is 3.13. The van der Waals surface area contributed by atoms with Gasteiger partial charge in [-0.2, -0.15) is 0 Å². The van der Waals surface area contributed by atoms with Gasteiger partial charge in [-0.3, -0.25) is 4.79 Å². The number of anilines is 1. The lowest BCUT2D eigenvalue weighted by Crippen LogP contribution is -2.47. The molecule has 2 aromatic rings. The number of rotatable bonds is 4. The van der Waals surface area contributed by atoms with E-state index in [9.17, 15) is 4.79 Å². The highest BCUT2D eigenvalue weighted by atomic mass is 16.7. The van der Waals surface area contributed by atoms with Gasteiger partial charge in [0.05, 0.1) is 18.8 Å². The topological polar surface area (TPSA) is 54.9 Å². The molecular formula is C21H25N3O3. The zero-order valence-electron chi connectivity index (χ0n) is 15.6. The van der Waals surface area contributed by atoms with Gasteiger partial charge in [-0.1, -0.05) is 30.3 Å². The summed E-state index contributed by atoms with van der Waals surface area (Å²) in [4.78, 5) is 21.2. The Kier molecular flexibility index (Phi) is 5.09. The minimum absolute atomic E-state index is 0.0209. The molecule has 6 heteroatoms. The van der Waals surface area contributed by atoms with Gasteiger partial charge in [0.15, 0.2) is 5.79 Å². The van der Waals surface area contributed by atoms with Crippen LogP contribution in [0.1, 0.15) is 28.8 Å². The zero-order valence-corrected chi connectivity index (χ0v) is 15.6. The van der Waals surface area contributed by atoms with Crippen LogP contribution in [0.4, 0.5) is 5.82 Å². The summed E-state index contributed by atoms with van der Waals surface area (Å²) in [6.45, 7) is 3.37. The maximum Gasteiger partial charge on any atom is 0.255 e. The Morgan fingerprint density at radius 3 is 2.44 bits per heavy atom. The summed E-state index contributed by atoms with van der Waals surface area (Å²) in [5.74, 6) is 0.410. The van der Waals surface area contributed by atoms with Crippen molar-refractivity contribution < 1.29 is 14.3 Å². The molecule has 142 valence electrons. The van der Waals surface area contributed by atoms with Crippen LogP contribution in [0.3, 0.4) is 0 Å². The van der Waals surface area contributed by atoms with E-state index >= 15 is 0 Å². The highest BCUT2D eigenvalue weighted by Crippen LogP contribution is 2.31. The van der Waals surface area contributed by atoms with Crippen molar-refractivity contribution in [2.45, 2.75) is 25.2 Å². The largest absolute Gasteiger partial charge is 0.355 e. The number of carbonyl (C=O) groups is 1. The molecule has 0 N–H and O–H groups in total. The molecule has 2 aliphatic rings. The third-order valence-electron chi connectivity index (χ3n) is 5.27. The van der Waals surface area contributed by atoms with Crippen molar-refractivity contribution >= 4 is 11.7 Å². The minimum Gasteiger partial charge on any atom is -0.355 e. The first kappa shape index (κ1) is 17.9. The van der Waals surface area contributed by atoms with Crippen LogP contribution >= 0.6 is 0 Å². The van der Waals surface area contributed by atoms with Crippen LogP contribution < -0.4 is 4.90 Å². The summed E-state index contributed by atoms with van der Waals surface area (Å²) >= 11 is 0. The number of pyridine rings is 1. The second kappa shape index (κ2) is 7.66. The molecule has 0 saturated carbocycles. The Labute approximate surface area is 159 Å². The molecule has 6 nitrogen and oxygen atoms in total. The number of carbonyl (C=O) groups excluding carboxylic acids is 1. The van der Waals surface area contributed by atoms with Crippen LogP contribution in [-0.4, -0.2) is 54.9 Å². The number of ether oxygens (including phenoxy) is 2. The van der Waals surface area contributed by atoms with E-state index in [0.29, 0.717) is 31.9 Å². The third kappa shape index (κ3) is 3.96. The monoisotopic (exact) mass is 367 g/mol.